The monoisotopic (exact) mass is 332 g/mol. The molecule has 1 nitrogen and oxygen atoms in total. The summed E-state index contributed by atoms with van der Waals surface area (Å²) in [6.45, 7) is 4.26. The second-order valence-corrected chi connectivity index (χ2v) is 5.74. The van der Waals surface area contributed by atoms with Gasteiger partial charge in [0.2, 0.25) is 0 Å². The summed E-state index contributed by atoms with van der Waals surface area (Å²) in [6, 6.07) is 7.94. The van der Waals surface area contributed by atoms with Gasteiger partial charge in [-0.25, -0.2) is 0 Å². The van der Waals surface area contributed by atoms with Gasteiger partial charge >= 0.3 is 0 Å². The molecule has 0 N–H and O–H groups in total. The average molecular weight is 332 g/mol. The van der Waals surface area contributed by atoms with Gasteiger partial charge in [0.05, 0.1) is 0 Å². The van der Waals surface area contributed by atoms with E-state index in [1.54, 1.807) is 0 Å². The molecule has 0 saturated heterocycles. The summed E-state index contributed by atoms with van der Waals surface area (Å²) in [4.78, 5) is 10.4. The van der Waals surface area contributed by atoms with Gasteiger partial charge in [0, 0.05) is 39.1 Å². The first-order valence-corrected chi connectivity index (χ1v) is 7.13. The molecule has 2 rings (SSSR count). The SMILES string of the molecule is Cc1[c-]c(C)cc(C2CCC(CCC=O)CC2)c1.[Y]. The molecule has 2 heteroatoms. The third-order valence-corrected chi connectivity index (χ3v) is 4.17. The van der Waals surface area contributed by atoms with Crippen molar-refractivity contribution < 1.29 is 37.5 Å². The van der Waals surface area contributed by atoms with Gasteiger partial charge < -0.3 is 4.79 Å². The first kappa shape index (κ1) is 17.0. The second-order valence-electron chi connectivity index (χ2n) is 5.74. The molecule has 0 aliphatic heterocycles. The Labute approximate surface area is 142 Å². The summed E-state index contributed by atoms with van der Waals surface area (Å²) >= 11 is 0. The smallest absolute Gasteiger partial charge is 0.120 e. The van der Waals surface area contributed by atoms with E-state index in [0.29, 0.717) is 0 Å². The fourth-order valence-corrected chi connectivity index (χ4v) is 3.25. The quantitative estimate of drug-likeness (QED) is 0.592. The second kappa shape index (κ2) is 8.32. The summed E-state index contributed by atoms with van der Waals surface area (Å²) < 4.78 is 0. The van der Waals surface area contributed by atoms with Gasteiger partial charge in [0.25, 0.3) is 0 Å². The topological polar surface area (TPSA) is 17.1 Å². The third-order valence-electron chi connectivity index (χ3n) is 4.17. The minimum atomic E-state index is 0. The normalized spacial score (nSPS) is 22.6. The van der Waals surface area contributed by atoms with Crippen molar-refractivity contribution in [2.45, 2.75) is 58.3 Å². The van der Waals surface area contributed by atoms with Gasteiger partial charge in [-0.15, -0.1) is 0 Å². The van der Waals surface area contributed by atoms with E-state index in [1.165, 1.54) is 42.4 Å². The molecule has 0 unspecified atom stereocenters. The van der Waals surface area contributed by atoms with Crippen LogP contribution in [0.3, 0.4) is 0 Å². The summed E-state index contributed by atoms with van der Waals surface area (Å²) in [7, 11) is 0. The van der Waals surface area contributed by atoms with E-state index in [-0.39, 0.29) is 32.7 Å². The van der Waals surface area contributed by atoms with Crippen molar-refractivity contribution >= 4 is 6.29 Å². The Morgan fingerprint density at radius 2 is 1.74 bits per heavy atom. The van der Waals surface area contributed by atoms with Crippen LogP contribution in [0.2, 0.25) is 0 Å². The van der Waals surface area contributed by atoms with Crippen molar-refractivity contribution in [2.75, 3.05) is 0 Å². The van der Waals surface area contributed by atoms with Gasteiger partial charge in [-0.3, -0.25) is 0 Å². The maximum atomic E-state index is 10.4. The summed E-state index contributed by atoms with van der Waals surface area (Å²) in [5.41, 5.74) is 4.01. The molecule has 0 bridgehead atoms. The Bertz CT molecular complexity index is 385. The van der Waals surface area contributed by atoms with Gasteiger partial charge in [-0.05, 0) is 43.9 Å². The van der Waals surface area contributed by atoms with Crippen molar-refractivity contribution in [3.8, 4) is 0 Å². The Morgan fingerprint density at radius 3 is 2.26 bits per heavy atom. The van der Waals surface area contributed by atoms with Gasteiger partial charge in [0.1, 0.15) is 6.29 Å². The van der Waals surface area contributed by atoms with Crippen LogP contribution in [0.4, 0.5) is 0 Å². The predicted octanol–water partition coefficient (Wildman–Crippen LogP) is 4.35. The van der Waals surface area contributed by atoms with Crippen LogP contribution in [-0.2, 0) is 37.5 Å². The van der Waals surface area contributed by atoms with Crippen LogP contribution in [0.5, 0.6) is 0 Å². The van der Waals surface area contributed by atoms with Crippen LogP contribution >= 0.6 is 0 Å². The van der Waals surface area contributed by atoms with Crippen LogP contribution < -0.4 is 0 Å². The van der Waals surface area contributed by atoms with Gasteiger partial charge in [-0.1, -0.05) is 13.8 Å². The maximum Gasteiger partial charge on any atom is 0.120 e. The molecule has 101 valence electrons. The van der Waals surface area contributed by atoms with E-state index in [1.807, 2.05) is 0 Å². The van der Waals surface area contributed by atoms with E-state index in [0.717, 1.165) is 31.0 Å². The Balaban J connectivity index is 0.00000180. The van der Waals surface area contributed by atoms with Crippen molar-refractivity contribution in [1.82, 2.24) is 0 Å². The average Bonchev–Trinajstić information content (AvgIpc) is 2.36. The number of aryl methyl sites for hydroxylation is 2. The zero-order valence-electron chi connectivity index (χ0n) is 12.1. The zero-order valence-corrected chi connectivity index (χ0v) is 15.0. The van der Waals surface area contributed by atoms with Crippen LogP contribution in [0.15, 0.2) is 12.1 Å². The summed E-state index contributed by atoms with van der Waals surface area (Å²) in [6.07, 6.45) is 8.04. The zero-order chi connectivity index (χ0) is 13.0. The molecule has 0 spiro atoms. The van der Waals surface area contributed by atoms with Crippen molar-refractivity contribution in [1.29, 1.82) is 0 Å². The Kier molecular flexibility index (Phi) is 7.46. The van der Waals surface area contributed by atoms with Crippen LogP contribution in [-0.4, -0.2) is 6.29 Å². The van der Waals surface area contributed by atoms with E-state index in [4.69, 9.17) is 0 Å². The molecule has 0 heterocycles. The fourth-order valence-electron chi connectivity index (χ4n) is 3.25. The molecular formula is C17H23OY-. The predicted molar refractivity (Wildman–Crippen MR) is 74.7 cm³/mol. The molecule has 1 fully saturated rings. The standard InChI is InChI=1S/C17H23O.Y/c1-13-10-14(2)12-17(11-13)16-7-5-15(6-8-16)4-3-9-18;/h9,11-12,15-16H,3-8H2,1-2H3;/q-1;. The number of hydrogen-bond donors (Lipinski definition) is 0. The number of rotatable bonds is 4. The Morgan fingerprint density at radius 1 is 1.16 bits per heavy atom. The van der Waals surface area contributed by atoms with E-state index in [9.17, 15) is 4.79 Å². The number of carbonyl (C=O) groups excluding carboxylic acids is 1. The first-order chi connectivity index (χ1) is 8.69. The molecule has 1 radical (unpaired) electrons. The van der Waals surface area contributed by atoms with Crippen molar-refractivity contribution in [2.24, 2.45) is 5.92 Å². The number of carbonyl (C=O) groups is 1. The number of benzene rings is 1. The molecule has 0 aromatic heterocycles. The van der Waals surface area contributed by atoms with Crippen LogP contribution in [0.25, 0.3) is 0 Å². The number of aldehydes is 1. The van der Waals surface area contributed by atoms with Crippen molar-refractivity contribution in [3.05, 3.63) is 34.9 Å². The molecule has 1 aromatic rings. The minimum absolute atomic E-state index is 0. The molecule has 1 aliphatic rings. The maximum absolute atomic E-state index is 10.4. The minimum Gasteiger partial charge on any atom is -0.303 e. The molecular weight excluding hydrogens is 309 g/mol. The van der Waals surface area contributed by atoms with Gasteiger partial charge in [-0.2, -0.15) is 34.9 Å². The van der Waals surface area contributed by atoms with Gasteiger partial charge in [0.15, 0.2) is 0 Å². The number of hydrogen-bond acceptors (Lipinski definition) is 1. The molecule has 1 aromatic carbocycles. The first-order valence-electron chi connectivity index (χ1n) is 7.13. The largest absolute Gasteiger partial charge is 0.303 e. The molecule has 0 amide bonds. The van der Waals surface area contributed by atoms with Crippen LogP contribution in [0, 0.1) is 25.8 Å². The molecule has 1 saturated carbocycles. The van der Waals surface area contributed by atoms with Crippen LogP contribution in [0.1, 0.15) is 61.1 Å². The molecule has 1 aliphatic carbocycles. The van der Waals surface area contributed by atoms with E-state index in [2.05, 4.69) is 32.0 Å². The molecule has 0 atom stereocenters. The molecule has 19 heavy (non-hydrogen) atoms. The summed E-state index contributed by atoms with van der Waals surface area (Å²) in [5, 5.41) is 0. The van der Waals surface area contributed by atoms with Crippen molar-refractivity contribution in [3.63, 3.8) is 0 Å². The third kappa shape index (κ3) is 5.12. The van der Waals surface area contributed by atoms with E-state index >= 15 is 0 Å². The summed E-state index contributed by atoms with van der Waals surface area (Å²) in [5.74, 6) is 1.51. The fraction of sp³-hybridized carbons (Fsp3) is 0.588. The van der Waals surface area contributed by atoms with E-state index < -0.39 is 0 Å². The Hall–Kier alpha value is -0.00610.